The van der Waals surface area contributed by atoms with Crippen LogP contribution in [0.15, 0.2) is 0 Å². The summed E-state index contributed by atoms with van der Waals surface area (Å²) in [5.41, 5.74) is 5.44. The molecule has 0 aromatic rings. The predicted molar refractivity (Wildman–Crippen MR) is 68.6 cm³/mol. The highest BCUT2D eigenvalue weighted by molar-refractivity contribution is 5.79. The molecule has 2 fully saturated rings. The van der Waals surface area contributed by atoms with E-state index in [1.807, 2.05) is 6.92 Å². The molecule has 17 heavy (non-hydrogen) atoms. The van der Waals surface area contributed by atoms with Crippen molar-refractivity contribution in [3.05, 3.63) is 0 Å². The summed E-state index contributed by atoms with van der Waals surface area (Å²) in [4.78, 5) is 13.7. The Morgan fingerprint density at radius 1 is 1.41 bits per heavy atom. The van der Waals surface area contributed by atoms with E-state index in [1.54, 1.807) is 0 Å². The summed E-state index contributed by atoms with van der Waals surface area (Å²) in [6, 6.07) is 1.67. The number of hydrogen-bond acceptors (Lipinski definition) is 3. The molecule has 2 aliphatic heterocycles. The molecule has 2 heterocycles. The lowest BCUT2D eigenvalue weighted by atomic mass is 9.95. The lowest BCUT2D eigenvalue weighted by Gasteiger charge is -2.41. The van der Waals surface area contributed by atoms with Crippen molar-refractivity contribution in [2.24, 2.45) is 5.73 Å². The molecule has 4 heteroatoms. The van der Waals surface area contributed by atoms with Gasteiger partial charge in [0.15, 0.2) is 0 Å². The van der Waals surface area contributed by atoms with Crippen LogP contribution in [-0.4, -0.2) is 41.5 Å². The van der Waals surface area contributed by atoms with Gasteiger partial charge in [-0.05, 0) is 45.6 Å². The van der Waals surface area contributed by atoms with Gasteiger partial charge >= 0.3 is 0 Å². The minimum absolute atomic E-state index is 0.0976. The molecule has 2 rings (SSSR count). The van der Waals surface area contributed by atoms with Crippen molar-refractivity contribution in [1.29, 1.82) is 0 Å². The van der Waals surface area contributed by atoms with Gasteiger partial charge in [0.1, 0.15) is 0 Å². The van der Waals surface area contributed by atoms with E-state index in [-0.39, 0.29) is 11.9 Å². The van der Waals surface area contributed by atoms with Gasteiger partial charge in [-0.15, -0.1) is 0 Å². The van der Waals surface area contributed by atoms with Crippen LogP contribution in [-0.2, 0) is 4.79 Å². The van der Waals surface area contributed by atoms with Gasteiger partial charge in [0.2, 0.25) is 5.91 Å². The third kappa shape index (κ3) is 2.63. The summed E-state index contributed by atoms with van der Waals surface area (Å²) in [5.74, 6) is -0.179. The first-order chi connectivity index (χ1) is 8.13. The number of nitrogens with one attached hydrogen (secondary N) is 1. The van der Waals surface area contributed by atoms with E-state index >= 15 is 0 Å². The van der Waals surface area contributed by atoms with Crippen molar-refractivity contribution >= 4 is 5.91 Å². The number of carbonyl (C=O) groups is 1. The maximum Gasteiger partial charge on any atom is 0.234 e. The Morgan fingerprint density at radius 2 is 2.00 bits per heavy atom. The van der Waals surface area contributed by atoms with Gasteiger partial charge in [-0.3, -0.25) is 9.69 Å². The van der Waals surface area contributed by atoms with E-state index in [0.29, 0.717) is 18.1 Å². The first-order valence-electron chi connectivity index (χ1n) is 6.93. The highest BCUT2D eigenvalue weighted by Gasteiger charge is 2.43. The summed E-state index contributed by atoms with van der Waals surface area (Å²) in [6.45, 7) is 5.26. The Balaban J connectivity index is 1.95. The lowest BCUT2D eigenvalue weighted by molar-refractivity contribution is -0.124. The van der Waals surface area contributed by atoms with Crippen molar-refractivity contribution < 1.29 is 4.79 Å². The van der Waals surface area contributed by atoms with Crippen LogP contribution < -0.4 is 11.1 Å². The number of nitrogens with zero attached hydrogens (tertiary/aromatic N) is 1. The zero-order valence-corrected chi connectivity index (χ0v) is 11.0. The summed E-state index contributed by atoms with van der Waals surface area (Å²) < 4.78 is 0. The van der Waals surface area contributed by atoms with Gasteiger partial charge < -0.3 is 11.1 Å². The van der Waals surface area contributed by atoms with Crippen molar-refractivity contribution in [2.45, 2.75) is 70.1 Å². The lowest BCUT2D eigenvalue weighted by Crippen LogP contribution is -2.55. The van der Waals surface area contributed by atoms with Crippen LogP contribution in [0.2, 0.25) is 0 Å². The number of primary amides is 1. The maximum atomic E-state index is 11.3. The molecule has 0 aromatic carbocycles. The standard InChI is InChI=1S/C13H25N3O/c1-3-6-15-10-7-11-4-5-12(8-10)16(11)9(2)13(14)17/h9-12,15H,3-8H2,1-2H3,(H2,14,17). The van der Waals surface area contributed by atoms with E-state index in [2.05, 4.69) is 17.1 Å². The monoisotopic (exact) mass is 239 g/mol. The highest BCUT2D eigenvalue weighted by Crippen LogP contribution is 2.37. The molecule has 3 N–H and O–H groups in total. The van der Waals surface area contributed by atoms with Crippen LogP contribution in [0.1, 0.15) is 46.0 Å². The van der Waals surface area contributed by atoms with Crippen LogP contribution in [0.4, 0.5) is 0 Å². The number of rotatable bonds is 5. The Morgan fingerprint density at radius 3 is 2.47 bits per heavy atom. The first kappa shape index (κ1) is 12.8. The van der Waals surface area contributed by atoms with Crippen molar-refractivity contribution in [3.63, 3.8) is 0 Å². The zero-order chi connectivity index (χ0) is 12.4. The molecule has 1 amide bonds. The normalized spacial score (nSPS) is 34.8. The van der Waals surface area contributed by atoms with Gasteiger partial charge in [0, 0.05) is 18.1 Å². The Hall–Kier alpha value is -0.610. The number of amides is 1. The van der Waals surface area contributed by atoms with Crippen LogP contribution in [0.25, 0.3) is 0 Å². The van der Waals surface area contributed by atoms with Crippen LogP contribution in [0, 0.1) is 0 Å². The first-order valence-corrected chi connectivity index (χ1v) is 6.93. The largest absolute Gasteiger partial charge is 0.368 e. The zero-order valence-electron chi connectivity index (χ0n) is 11.0. The number of hydrogen-bond donors (Lipinski definition) is 2. The Kier molecular flexibility index (Phi) is 4.05. The van der Waals surface area contributed by atoms with Crippen LogP contribution in [0.5, 0.6) is 0 Å². The van der Waals surface area contributed by atoms with Gasteiger partial charge in [-0.1, -0.05) is 6.92 Å². The molecular formula is C13H25N3O. The fraction of sp³-hybridized carbons (Fsp3) is 0.923. The molecule has 3 atom stereocenters. The predicted octanol–water partition coefficient (Wildman–Crippen LogP) is 0.855. The molecule has 0 spiro atoms. The molecular weight excluding hydrogens is 214 g/mol. The SMILES string of the molecule is CCCNC1CC2CCC(C1)N2C(C)C(N)=O. The molecule has 98 valence electrons. The summed E-state index contributed by atoms with van der Waals surface area (Å²) in [7, 11) is 0. The average molecular weight is 239 g/mol. The second-order valence-electron chi connectivity index (χ2n) is 5.53. The molecule has 0 aliphatic carbocycles. The fourth-order valence-corrected chi connectivity index (χ4v) is 3.51. The second-order valence-corrected chi connectivity index (χ2v) is 5.53. The van der Waals surface area contributed by atoms with E-state index < -0.39 is 0 Å². The van der Waals surface area contributed by atoms with E-state index in [0.717, 1.165) is 6.54 Å². The van der Waals surface area contributed by atoms with Gasteiger partial charge in [0.05, 0.1) is 6.04 Å². The minimum atomic E-state index is -0.179. The summed E-state index contributed by atoms with van der Waals surface area (Å²) in [6.07, 6.45) is 5.99. The molecule has 0 radical (unpaired) electrons. The van der Waals surface area contributed by atoms with Crippen molar-refractivity contribution in [1.82, 2.24) is 10.2 Å². The fourth-order valence-electron chi connectivity index (χ4n) is 3.51. The summed E-state index contributed by atoms with van der Waals surface area (Å²) >= 11 is 0. The number of fused-ring (bicyclic) bond motifs is 2. The quantitative estimate of drug-likeness (QED) is 0.748. The minimum Gasteiger partial charge on any atom is -0.368 e. The van der Waals surface area contributed by atoms with Crippen LogP contribution >= 0.6 is 0 Å². The molecule has 3 unspecified atom stereocenters. The average Bonchev–Trinajstić information content (AvgIpc) is 2.56. The molecule has 2 saturated heterocycles. The molecule has 2 bridgehead atoms. The summed E-state index contributed by atoms with van der Waals surface area (Å²) in [5, 5.41) is 3.62. The number of nitrogens with two attached hydrogens (primary N) is 1. The Labute approximate surface area is 104 Å². The van der Waals surface area contributed by atoms with Gasteiger partial charge in [-0.25, -0.2) is 0 Å². The third-order valence-corrected chi connectivity index (χ3v) is 4.33. The number of piperidine rings is 1. The second kappa shape index (κ2) is 5.36. The molecule has 0 saturated carbocycles. The van der Waals surface area contributed by atoms with E-state index in [4.69, 9.17) is 5.73 Å². The number of carbonyl (C=O) groups excluding carboxylic acids is 1. The van der Waals surface area contributed by atoms with Gasteiger partial charge in [-0.2, -0.15) is 0 Å². The smallest absolute Gasteiger partial charge is 0.234 e. The molecule has 2 aliphatic rings. The molecule has 0 aromatic heterocycles. The third-order valence-electron chi connectivity index (χ3n) is 4.33. The van der Waals surface area contributed by atoms with Crippen LogP contribution in [0.3, 0.4) is 0 Å². The maximum absolute atomic E-state index is 11.3. The van der Waals surface area contributed by atoms with Crippen molar-refractivity contribution in [3.8, 4) is 0 Å². The Bertz CT molecular complexity index is 268. The van der Waals surface area contributed by atoms with E-state index in [1.165, 1.54) is 32.1 Å². The van der Waals surface area contributed by atoms with Gasteiger partial charge in [0.25, 0.3) is 0 Å². The topological polar surface area (TPSA) is 58.4 Å². The van der Waals surface area contributed by atoms with Crippen molar-refractivity contribution in [2.75, 3.05) is 6.54 Å². The molecule has 4 nitrogen and oxygen atoms in total. The highest BCUT2D eigenvalue weighted by atomic mass is 16.1. The van der Waals surface area contributed by atoms with E-state index in [9.17, 15) is 4.79 Å².